The monoisotopic (exact) mass is 695 g/mol. The minimum Gasteiger partial charge on any atom is -0.404 e. The molecule has 8 rings (SSSR count). The van der Waals surface area contributed by atoms with E-state index in [1.54, 1.807) is 0 Å². The first-order chi connectivity index (χ1) is 23.8. The van der Waals surface area contributed by atoms with Crippen LogP contribution >= 0.6 is 8.16 Å². The molecule has 1 aliphatic heterocycles. The van der Waals surface area contributed by atoms with Crippen molar-refractivity contribution >= 4 is 89.5 Å². The zero-order chi connectivity index (χ0) is 33.9. The summed E-state index contributed by atoms with van der Waals surface area (Å²) >= 11 is 0. The minimum atomic E-state index is -1.95. The maximum atomic E-state index is 7.68. The lowest BCUT2D eigenvalue weighted by atomic mass is 9.97. The number of anilines is 2. The zero-order valence-electron chi connectivity index (χ0n) is 29.6. The van der Waals surface area contributed by atoms with Gasteiger partial charge in [0.25, 0.3) is 0 Å². The predicted octanol–water partition coefficient (Wildman–Crippen LogP) is 12.8. The summed E-state index contributed by atoms with van der Waals surface area (Å²) in [6.45, 7) is 14.6. The molecule has 6 aromatic carbocycles. The van der Waals surface area contributed by atoms with Crippen LogP contribution in [0.1, 0.15) is 38.8 Å². The van der Waals surface area contributed by atoms with Crippen LogP contribution in [0, 0.1) is 0 Å². The summed E-state index contributed by atoms with van der Waals surface area (Å²) in [7, 11) is -5.54. The van der Waals surface area contributed by atoms with Crippen molar-refractivity contribution in [2.45, 2.75) is 71.4 Å². The number of hydrogen-bond acceptors (Lipinski definition) is 3. The van der Waals surface area contributed by atoms with Gasteiger partial charge in [0, 0.05) is 17.2 Å². The number of para-hydroxylation sites is 2. The molecular formula is C43H46NO2PSi2. The van der Waals surface area contributed by atoms with Gasteiger partial charge in [-0.3, -0.25) is 0 Å². The highest BCUT2D eigenvalue weighted by atomic mass is 31.1. The Bertz CT molecular complexity index is 2260. The summed E-state index contributed by atoms with van der Waals surface area (Å²) in [5.74, 6) is 0. The van der Waals surface area contributed by atoms with Crippen LogP contribution in [0.2, 0.25) is 37.3 Å². The first-order valence-corrected chi connectivity index (χ1v) is 25.0. The first kappa shape index (κ1) is 32.2. The molecule has 0 saturated heterocycles. The SMILES string of the molecule is CC[Si](C)(CC)c1cc2ccccc2c2c1op(N1c3ccccc3Cc3ccccc31)oc1c([Si](C)(CC)CC)cc3ccccc3c12. The third-order valence-corrected chi connectivity index (χ3v) is 23.0. The lowest BCUT2D eigenvalue weighted by molar-refractivity contribution is 0.641. The number of rotatable bonds is 7. The van der Waals surface area contributed by atoms with Gasteiger partial charge in [-0.1, -0.05) is 162 Å². The molecule has 248 valence electrons. The van der Waals surface area contributed by atoms with Crippen molar-refractivity contribution in [1.29, 1.82) is 0 Å². The molecule has 0 spiro atoms. The van der Waals surface area contributed by atoms with Gasteiger partial charge in [0.05, 0.1) is 27.5 Å². The summed E-state index contributed by atoms with van der Waals surface area (Å²) in [6.07, 6.45) is 0.901. The largest absolute Gasteiger partial charge is 0.404 e. The van der Waals surface area contributed by atoms with Crippen LogP contribution in [0.5, 0.6) is 0 Å². The Morgan fingerprint density at radius 3 is 1.37 bits per heavy atom. The molecule has 0 aliphatic carbocycles. The Kier molecular flexibility index (Phi) is 8.14. The maximum absolute atomic E-state index is 7.68. The van der Waals surface area contributed by atoms with Crippen molar-refractivity contribution in [2.75, 3.05) is 4.67 Å². The Labute approximate surface area is 293 Å². The Morgan fingerprint density at radius 1 is 0.551 bits per heavy atom. The van der Waals surface area contributed by atoms with Gasteiger partial charge in [0.15, 0.2) is 0 Å². The van der Waals surface area contributed by atoms with Gasteiger partial charge in [-0.15, -0.1) is 0 Å². The van der Waals surface area contributed by atoms with E-state index in [0.717, 1.165) is 41.8 Å². The maximum Gasteiger partial charge on any atom is 0.346 e. The summed E-state index contributed by atoms with van der Waals surface area (Å²) in [5, 5.41) is 10.3. The standard InChI is InChI=1S/C43H46NO2PSi2/c1-7-48(5,8-2)38-28-30-19-11-15-23-34(30)40-41-35-24-16-12-20-31(35)29-39(49(6,9-3)10-4)43(41)46-47(45-42(38)40)44-36-25-17-13-21-32(36)27-33-22-14-18-26-37(33)44/h11-26,28-29H,7-10,27H2,1-6H3. The highest BCUT2D eigenvalue weighted by Crippen LogP contribution is 2.52. The summed E-state index contributed by atoms with van der Waals surface area (Å²) < 4.78 is 17.8. The lowest BCUT2D eigenvalue weighted by Crippen LogP contribution is -2.43. The van der Waals surface area contributed by atoms with Crippen LogP contribution in [0.25, 0.3) is 43.5 Å². The Hall–Kier alpha value is -4.03. The van der Waals surface area contributed by atoms with Gasteiger partial charge in [0.2, 0.25) is 0 Å². The topological polar surface area (TPSA) is 29.5 Å². The van der Waals surface area contributed by atoms with Crippen LogP contribution in [-0.2, 0) is 6.42 Å². The third-order valence-electron chi connectivity index (χ3n) is 12.0. The van der Waals surface area contributed by atoms with Crippen molar-refractivity contribution in [2.24, 2.45) is 0 Å². The van der Waals surface area contributed by atoms with Crippen LogP contribution in [-0.4, -0.2) is 16.1 Å². The van der Waals surface area contributed by atoms with Gasteiger partial charge < -0.3 is 8.39 Å². The summed E-state index contributed by atoms with van der Waals surface area (Å²) in [5.41, 5.74) is 7.06. The lowest BCUT2D eigenvalue weighted by Gasteiger charge is -2.31. The van der Waals surface area contributed by atoms with E-state index in [9.17, 15) is 0 Å². The number of nitrogens with zero attached hydrogens (tertiary/aromatic N) is 1. The van der Waals surface area contributed by atoms with Crippen molar-refractivity contribution in [3.05, 3.63) is 120 Å². The molecule has 0 radical (unpaired) electrons. The van der Waals surface area contributed by atoms with Gasteiger partial charge in [-0.2, -0.15) is 0 Å². The molecule has 0 saturated carbocycles. The number of fused-ring (bicyclic) bond motifs is 9. The van der Waals surface area contributed by atoms with Crippen molar-refractivity contribution in [3.63, 3.8) is 0 Å². The molecule has 0 unspecified atom stereocenters. The second-order valence-corrected chi connectivity index (χ2v) is 25.8. The first-order valence-electron chi connectivity index (χ1n) is 18.1. The Morgan fingerprint density at radius 2 is 0.939 bits per heavy atom. The molecule has 6 heteroatoms. The van der Waals surface area contributed by atoms with E-state index in [0.29, 0.717) is 0 Å². The molecule has 0 fully saturated rings. The summed E-state index contributed by atoms with van der Waals surface area (Å²) in [4.78, 5) is 0. The highest BCUT2D eigenvalue weighted by Gasteiger charge is 2.35. The molecule has 2 heterocycles. The van der Waals surface area contributed by atoms with E-state index >= 15 is 0 Å². The number of benzene rings is 6. The average molecular weight is 696 g/mol. The molecule has 0 bridgehead atoms. The van der Waals surface area contributed by atoms with E-state index < -0.39 is 24.3 Å². The number of hydrogen-bond donors (Lipinski definition) is 0. The van der Waals surface area contributed by atoms with E-state index in [2.05, 4.69) is 155 Å². The highest BCUT2D eigenvalue weighted by molar-refractivity contribution is 7.40. The van der Waals surface area contributed by atoms with E-state index in [4.69, 9.17) is 8.39 Å². The predicted molar refractivity (Wildman–Crippen MR) is 219 cm³/mol. The second-order valence-electron chi connectivity index (χ2n) is 14.4. The van der Waals surface area contributed by atoms with Crippen LogP contribution in [0.3, 0.4) is 0 Å². The molecule has 49 heavy (non-hydrogen) atoms. The Balaban J connectivity index is 1.69. The quantitative estimate of drug-likeness (QED) is 0.155. The molecular weight excluding hydrogens is 650 g/mol. The smallest absolute Gasteiger partial charge is 0.346 e. The molecule has 7 aromatic rings. The zero-order valence-corrected chi connectivity index (χ0v) is 32.5. The van der Waals surface area contributed by atoms with Crippen molar-refractivity contribution < 1.29 is 8.39 Å². The van der Waals surface area contributed by atoms with Gasteiger partial charge >= 0.3 is 8.16 Å². The molecule has 0 atom stereocenters. The normalized spacial score (nSPS) is 13.3. The molecule has 1 aliphatic rings. The van der Waals surface area contributed by atoms with Gasteiger partial charge in [0.1, 0.15) is 11.2 Å². The average Bonchev–Trinajstić information content (AvgIpc) is 3.33. The minimum absolute atomic E-state index is 0.901. The fourth-order valence-electron chi connectivity index (χ4n) is 8.00. The fraction of sp³-hybridized carbons (Fsp3) is 0.256. The van der Waals surface area contributed by atoms with E-state index in [1.165, 1.54) is 65.2 Å². The summed E-state index contributed by atoms with van der Waals surface area (Å²) in [6, 6.07) is 45.2. The second kappa shape index (κ2) is 12.4. The van der Waals surface area contributed by atoms with Crippen molar-refractivity contribution in [3.8, 4) is 0 Å². The molecule has 0 N–H and O–H groups in total. The van der Waals surface area contributed by atoms with Crippen LogP contribution < -0.4 is 15.0 Å². The van der Waals surface area contributed by atoms with Crippen LogP contribution in [0.4, 0.5) is 11.4 Å². The molecule has 0 amide bonds. The van der Waals surface area contributed by atoms with E-state index in [1.807, 2.05) is 0 Å². The molecule has 1 aromatic heterocycles. The van der Waals surface area contributed by atoms with Crippen molar-refractivity contribution in [1.82, 2.24) is 0 Å². The van der Waals surface area contributed by atoms with Crippen LogP contribution in [0.15, 0.2) is 118 Å². The van der Waals surface area contributed by atoms with E-state index in [-0.39, 0.29) is 0 Å². The molecule has 3 nitrogen and oxygen atoms in total. The van der Waals surface area contributed by atoms with Gasteiger partial charge in [-0.05, 0) is 55.2 Å². The van der Waals surface area contributed by atoms with Gasteiger partial charge in [-0.25, -0.2) is 4.67 Å². The third kappa shape index (κ3) is 5.04. The fourth-order valence-corrected chi connectivity index (χ4v) is 14.8.